The minimum atomic E-state index is -0.449. The van der Waals surface area contributed by atoms with Crippen LogP contribution >= 0.6 is 0 Å². The average Bonchev–Trinajstić information content (AvgIpc) is 3.21. The highest BCUT2D eigenvalue weighted by molar-refractivity contribution is 5.83. The van der Waals surface area contributed by atoms with Crippen molar-refractivity contribution in [2.24, 2.45) is 5.92 Å². The fourth-order valence-corrected chi connectivity index (χ4v) is 2.98. The predicted molar refractivity (Wildman–Crippen MR) is 71.3 cm³/mol. The lowest BCUT2D eigenvalue weighted by Gasteiger charge is -2.32. The van der Waals surface area contributed by atoms with Crippen LogP contribution in [0.25, 0.3) is 0 Å². The fourth-order valence-electron chi connectivity index (χ4n) is 2.98. The van der Waals surface area contributed by atoms with Crippen molar-refractivity contribution in [3.05, 3.63) is 35.4 Å². The number of rotatable bonds is 2. The summed E-state index contributed by atoms with van der Waals surface area (Å²) in [4.78, 5) is 14.2. The first-order valence-electron chi connectivity index (χ1n) is 7.03. The summed E-state index contributed by atoms with van der Waals surface area (Å²) in [6.45, 7) is 4.21. The fraction of sp³-hybridized carbons (Fsp3) is 0.533. The smallest absolute Gasteiger partial charge is 0.226 e. The second-order valence-electron chi connectivity index (χ2n) is 5.75. The quantitative estimate of drug-likeness (QED) is 0.897. The lowest BCUT2D eigenvalue weighted by Crippen LogP contribution is -2.51. The maximum Gasteiger partial charge on any atom is 0.226 e. The standard InChI is InChI=1S/C15H18F2N2O/c1-9-8-19(5-4-18-9)15(20)13-7-11(13)12-6-10(16)2-3-14(12)17/h2-3,6,9,11,13,18H,4-5,7-8H2,1H3/t9-,11-,13-/m1/s1. The van der Waals surface area contributed by atoms with E-state index in [1.807, 2.05) is 11.8 Å². The molecule has 3 nitrogen and oxygen atoms in total. The molecule has 20 heavy (non-hydrogen) atoms. The summed E-state index contributed by atoms with van der Waals surface area (Å²) in [5.41, 5.74) is 0.339. The maximum absolute atomic E-state index is 13.7. The average molecular weight is 280 g/mol. The van der Waals surface area contributed by atoms with Gasteiger partial charge in [-0.3, -0.25) is 4.79 Å². The molecule has 2 aliphatic rings. The number of hydrogen-bond donors (Lipinski definition) is 1. The van der Waals surface area contributed by atoms with E-state index >= 15 is 0 Å². The normalized spacial score (nSPS) is 29.4. The Bertz CT molecular complexity index is 535. The second kappa shape index (κ2) is 5.13. The summed E-state index contributed by atoms with van der Waals surface area (Å²) in [5, 5.41) is 3.28. The molecule has 0 aromatic heterocycles. The molecule has 2 fully saturated rings. The Morgan fingerprint density at radius 3 is 2.95 bits per heavy atom. The van der Waals surface area contributed by atoms with Gasteiger partial charge in [-0.25, -0.2) is 8.78 Å². The Hall–Kier alpha value is -1.49. The Morgan fingerprint density at radius 1 is 1.40 bits per heavy atom. The molecule has 1 heterocycles. The SMILES string of the molecule is C[C@@H]1CN(C(=O)[C@@H]2C[C@@H]2c2cc(F)ccc2F)CCN1. The zero-order valence-electron chi connectivity index (χ0n) is 11.4. The lowest BCUT2D eigenvalue weighted by molar-refractivity contribution is -0.133. The summed E-state index contributed by atoms with van der Waals surface area (Å²) in [5.74, 6) is -1.14. The van der Waals surface area contributed by atoms with Crippen LogP contribution in [-0.2, 0) is 4.79 Å². The van der Waals surface area contributed by atoms with Crippen molar-refractivity contribution < 1.29 is 13.6 Å². The minimum Gasteiger partial charge on any atom is -0.340 e. The zero-order chi connectivity index (χ0) is 14.3. The molecule has 108 valence electrons. The molecule has 5 heteroatoms. The van der Waals surface area contributed by atoms with Crippen molar-refractivity contribution in [1.82, 2.24) is 10.2 Å². The zero-order valence-corrected chi connectivity index (χ0v) is 11.4. The first-order chi connectivity index (χ1) is 9.56. The highest BCUT2D eigenvalue weighted by Gasteiger charge is 2.47. The molecule has 0 bridgehead atoms. The second-order valence-corrected chi connectivity index (χ2v) is 5.75. The molecule has 0 unspecified atom stereocenters. The first-order valence-corrected chi connectivity index (χ1v) is 7.03. The molecule has 0 spiro atoms. The van der Waals surface area contributed by atoms with Crippen LogP contribution in [0.1, 0.15) is 24.8 Å². The molecule has 1 amide bonds. The van der Waals surface area contributed by atoms with Crippen LogP contribution in [0.2, 0.25) is 0 Å². The van der Waals surface area contributed by atoms with E-state index in [2.05, 4.69) is 5.32 Å². The van der Waals surface area contributed by atoms with E-state index in [0.29, 0.717) is 25.1 Å². The Balaban J connectivity index is 1.69. The van der Waals surface area contributed by atoms with Crippen LogP contribution in [0.5, 0.6) is 0 Å². The molecular weight excluding hydrogens is 262 g/mol. The number of nitrogens with one attached hydrogen (secondary N) is 1. The van der Waals surface area contributed by atoms with Crippen LogP contribution in [0.3, 0.4) is 0 Å². The van der Waals surface area contributed by atoms with E-state index in [9.17, 15) is 13.6 Å². The Labute approximate surface area is 117 Å². The van der Waals surface area contributed by atoms with Gasteiger partial charge < -0.3 is 10.2 Å². The van der Waals surface area contributed by atoms with Crippen LogP contribution in [0.4, 0.5) is 8.78 Å². The molecule has 3 atom stereocenters. The molecular formula is C15H18F2N2O. The number of hydrogen-bond acceptors (Lipinski definition) is 2. The van der Waals surface area contributed by atoms with E-state index in [1.165, 1.54) is 6.07 Å². The van der Waals surface area contributed by atoms with Crippen LogP contribution in [-0.4, -0.2) is 36.5 Å². The third kappa shape index (κ3) is 2.54. The van der Waals surface area contributed by atoms with Crippen molar-refractivity contribution >= 4 is 5.91 Å². The largest absolute Gasteiger partial charge is 0.340 e. The number of carbonyl (C=O) groups excluding carboxylic acids is 1. The molecule has 1 N–H and O–H groups in total. The van der Waals surface area contributed by atoms with Gasteiger partial charge in [0.15, 0.2) is 0 Å². The lowest BCUT2D eigenvalue weighted by atomic mass is 10.1. The third-order valence-electron chi connectivity index (χ3n) is 4.15. The number of carbonyl (C=O) groups is 1. The van der Waals surface area contributed by atoms with Gasteiger partial charge in [-0.05, 0) is 43.0 Å². The van der Waals surface area contributed by atoms with Crippen LogP contribution in [0.15, 0.2) is 18.2 Å². The number of benzene rings is 1. The highest BCUT2D eigenvalue weighted by Crippen LogP contribution is 2.49. The highest BCUT2D eigenvalue weighted by atomic mass is 19.1. The van der Waals surface area contributed by atoms with E-state index in [4.69, 9.17) is 0 Å². The predicted octanol–water partition coefficient (Wildman–Crippen LogP) is 1.89. The summed E-state index contributed by atoms with van der Waals surface area (Å²) >= 11 is 0. The number of halogens is 2. The van der Waals surface area contributed by atoms with Crippen molar-refractivity contribution in [3.8, 4) is 0 Å². The Morgan fingerprint density at radius 2 is 2.20 bits per heavy atom. The van der Waals surface area contributed by atoms with Gasteiger partial charge in [-0.1, -0.05) is 0 Å². The van der Waals surface area contributed by atoms with Gasteiger partial charge in [-0.15, -0.1) is 0 Å². The van der Waals surface area contributed by atoms with E-state index in [1.54, 1.807) is 0 Å². The molecule has 1 saturated heterocycles. The molecule has 1 aromatic rings. The van der Waals surface area contributed by atoms with Crippen LogP contribution < -0.4 is 5.32 Å². The van der Waals surface area contributed by atoms with E-state index < -0.39 is 11.6 Å². The van der Waals surface area contributed by atoms with Crippen molar-refractivity contribution in [1.29, 1.82) is 0 Å². The van der Waals surface area contributed by atoms with Gasteiger partial charge in [0.2, 0.25) is 5.91 Å². The number of nitrogens with zero attached hydrogens (tertiary/aromatic N) is 1. The maximum atomic E-state index is 13.7. The van der Waals surface area contributed by atoms with E-state index in [-0.39, 0.29) is 23.8 Å². The molecule has 0 radical (unpaired) electrons. The van der Waals surface area contributed by atoms with Crippen molar-refractivity contribution in [2.75, 3.05) is 19.6 Å². The van der Waals surface area contributed by atoms with Gasteiger partial charge in [0.1, 0.15) is 11.6 Å². The molecule has 1 aliphatic carbocycles. The van der Waals surface area contributed by atoms with E-state index in [0.717, 1.165) is 18.7 Å². The number of amides is 1. The number of piperazine rings is 1. The molecule has 3 rings (SSSR count). The Kier molecular flexibility index (Phi) is 3.46. The summed E-state index contributed by atoms with van der Waals surface area (Å²) in [6, 6.07) is 3.75. The summed E-state index contributed by atoms with van der Waals surface area (Å²) < 4.78 is 26.9. The topological polar surface area (TPSA) is 32.3 Å². The minimum absolute atomic E-state index is 0.0759. The van der Waals surface area contributed by atoms with Gasteiger partial charge >= 0.3 is 0 Å². The summed E-state index contributed by atoms with van der Waals surface area (Å²) in [7, 11) is 0. The molecule has 1 aliphatic heterocycles. The monoisotopic (exact) mass is 280 g/mol. The van der Waals surface area contributed by atoms with Crippen molar-refractivity contribution in [3.63, 3.8) is 0 Å². The summed E-state index contributed by atoms with van der Waals surface area (Å²) in [6.07, 6.45) is 0.623. The van der Waals surface area contributed by atoms with Gasteiger partial charge in [0.25, 0.3) is 0 Å². The van der Waals surface area contributed by atoms with Gasteiger partial charge in [-0.2, -0.15) is 0 Å². The van der Waals surface area contributed by atoms with Crippen LogP contribution in [0, 0.1) is 17.6 Å². The molecule has 1 saturated carbocycles. The van der Waals surface area contributed by atoms with Gasteiger partial charge in [0, 0.05) is 31.6 Å². The molecule has 1 aromatic carbocycles. The van der Waals surface area contributed by atoms with Crippen molar-refractivity contribution in [2.45, 2.75) is 25.3 Å². The third-order valence-corrected chi connectivity index (χ3v) is 4.15. The van der Waals surface area contributed by atoms with Gasteiger partial charge in [0.05, 0.1) is 0 Å². The first kappa shape index (κ1) is 13.5.